The molecule has 0 saturated carbocycles. The average molecular weight is 631 g/mol. The maximum absolute atomic E-state index is 12.8. The molecule has 2 aromatic carbocycles. The van der Waals surface area contributed by atoms with Crippen LogP contribution >= 0.6 is 0 Å². The van der Waals surface area contributed by atoms with E-state index in [0.717, 1.165) is 14.8 Å². The Kier molecular flexibility index (Phi) is 9.32. The molecule has 3 aromatic rings. The van der Waals surface area contributed by atoms with Gasteiger partial charge in [-0.25, -0.2) is 4.98 Å². The van der Waals surface area contributed by atoms with Gasteiger partial charge in [0.25, 0.3) is 0 Å². The molecule has 9 nitrogen and oxygen atoms in total. The van der Waals surface area contributed by atoms with Gasteiger partial charge < -0.3 is 5.73 Å². The predicted octanol–water partition coefficient (Wildman–Crippen LogP) is 2.16. The fourth-order valence-corrected chi connectivity index (χ4v) is 8.12. The second-order valence-corrected chi connectivity index (χ2v) is 26.0. The first-order valence-corrected chi connectivity index (χ1v) is 23.3. The number of hydrogen-bond donors (Lipinski definition) is 4. The van der Waals surface area contributed by atoms with E-state index >= 15 is 0 Å². The molecule has 1 unspecified atom stereocenters. The van der Waals surface area contributed by atoms with Crippen molar-refractivity contribution in [3.05, 3.63) is 83.6 Å². The summed E-state index contributed by atoms with van der Waals surface area (Å²) in [5.41, 5.74) is 7.91. The number of nitrogens with one attached hydrogen (secondary N) is 2. The Morgan fingerprint density at radius 1 is 0.973 bits per heavy atom. The summed E-state index contributed by atoms with van der Waals surface area (Å²) in [4.78, 5) is 35.2. The van der Waals surface area contributed by atoms with E-state index in [0.29, 0.717) is 24.2 Å². The summed E-state index contributed by atoms with van der Waals surface area (Å²) in [7, 11) is -4.09. The van der Waals surface area contributed by atoms with Crippen LogP contribution in [-0.4, -0.2) is 61.3 Å². The van der Waals surface area contributed by atoms with E-state index in [2.05, 4.69) is 29.8 Å². The molecule has 1 atom stereocenters. The van der Waals surface area contributed by atoms with Crippen molar-refractivity contribution in [3.63, 3.8) is 0 Å². The summed E-state index contributed by atoms with van der Waals surface area (Å²) >= 11 is -2.36. The number of carbonyl (C=O) groups is 2. The minimum atomic E-state index is -4.09. The molecule has 0 spiro atoms. The van der Waals surface area contributed by atoms with Crippen LogP contribution in [0.1, 0.15) is 21.6 Å². The van der Waals surface area contributed by atoms with Gasteiger partial charge in [0.15, 0.2) is 0 Å². The zero-order valence-corrected chi connectivity index (χ0v) is 24.7. The number of aryl methyl sites for hydroxylation is 2. The molecule has 0 saturated heterocycles. The van der Waals surface area contributed by atoms with E-state index in [1.54, 1.807) is 30.3 Å². The molecular weight excluding hydrogens is 599 g/mol. The van der Waals surface area contributed by atoms with Gasteiger partial charge in [-0.3, -0.25) is 0 Å². The molecular formula is C26H32N4O5SSn. The van der Waals surface area contributed by atoms with E-state index in [4.69, 9.17) is 5.73 Å². The minimum absolute atomic E-state index is 0.0201. The molecule has 0 fully saturated rings. The molecule has 0 aliphatic heterocycles. The third kappa shape index (κ3) is 8.27. The Bertz CT molecular complexity index is 1350. The van der Waals surface area contributed by atoms with Gasteiger partial charge in [-0.2, -0.15) is 0 Å². The number of nitrogens with zero attached hydrogens (tertiary/aromatic N) is 1. The summed E-state index contributed by atoms with van der Waals surface area (Å²) in [5.74, 6) is -1.43. The first-order chi connectivity index (χ1) is 17.3. The standard InChI is InChI=1S/C23H23N4O5S.3CH3.Sn/c24-21-8-4-5-18(26-21)14-11-16-9-12-17(13-10-16)22(28)25-15-20(23(29)30)27-33(31,32)19-6-2-1-3-7-19;;;;/h2-10,12-13,20,27H,11,14-15H2,(H2,24,26)(H,25,28)(H,29,30);3*1H3;. The molecule has 11 heteroatoms. The molecule has 0 bridgehead atoms. The van der Waals surface area contributed by atoms with Crippen LogP contribution < -0.4 is 19.4 Å². The van der Waals surface area contributed by atoms with Gasteiger partial charge in [-0.1, -0.05) is 18.2 Å². The zero-order chi connectivity index (χ0) is 27.2. The van der Waals surface area contributed by atoms with Crippen LogP contribution in [0.15, 0.2) is 71.6 Å². The number of nitrogen functional groups attached to an aromatic ring is 1. The topological polar surface area (TPSA) is 151 Å². The number of anilines is 1. The molecule has 1 amide bonds. The van der Waals surface area contributed by atoms with Gasteiger partial charge in [0.05, 0.1) is 0 Å². The monoisotopic (exact) mass is 632 g/mol. The van der Waals surface area contributed by atoms with Crippen LogP contribution in [0.2, 0.25) is 14.8 Å². The second-order valence-electron chi connectivity index (χ2n) is 9.75. The van der Waals surface area contributed by atoms with Gasteiger partial charge in [0, 0.05) is 5.69 Å². The number of pyridine rings is 1. The maximum atomic E-state index is 12.8. The molecule has 1 heterocycles. The Morgan fingerprint density at radius 2 is 1.62 bits per heavy atom. The molecule has 3 rings (SSSR count). The molecule has 5 N–H and O–H groups in total. The van der Waals surface area contributed by atoms with Crippen LogP contribution in [0, 0.1) is 0 Å². The normalized spacial score (nSPS) is 12.6. The zero-order valence-electron chi connectivity index (χ0n) is 21.1. The van der Waals surface area contributed by atoms with Crippen LogP contribution in [0.25, 0.3) is 0 Å². The van der Waals surface area contributed by atoms with Crippen molar-refractivity contribution in [2.45, 2.75) is 38.6 Å². The van der Waals surface area contributed by atoms with Crippen LogP contribution in [0.5, 0.6) is 0 Å². The van der Waals surface area contributed by atoms with E-state index in [1.165, 1.54) is 12.1 Å². The van der Waals surface area contributed by atoms with Gasteiger partial charge in [-0.05, 0) is 30.5 Å². The molecule has 0 aliphatic carbocycles. The SMILES string of the molecule is [CH3][Sn]([CH3])([CH3])[c]1ccc(S(=O)(=O)NC(CNC(=O)c2ccc(CCc3cccc(N)n3)cc2)C(=O)O)cc1. The van der Waals surface area contributed by atoms with E-state index in [9.17, 15) is 23.1 Å². The Hall–Kier alpha value is -2.96. The quantitative estimate of drug-likeness (QED) is 0.237. The third-order valence-electron chi connectivity index (χ3n) is 5.81. The van der Waals surface area contributed by atoms with Crippen molar-refractivity contribution < 1.29 is 23.1 Å². The number of carboxylic acid groups (broad SMARTS) is 1. The number of aliphatic carboxylic acids is 1. The molecule has 0 radical (unpaired) electrons. The average Bonchev–Trinajstić information content (AvgIpc) is 2.85. The van der Waals surface area contributed by atoms with Gasteiger partial charge in [0.1, 0.15) is 5.82 Å². The number of amides is 1. The van der Waals surface area contributed by atoms with Crippen molar-refractivity contribution >= 4 is 49.7 Å². The first kappa shape index (κ1) is 28.6. The van der Waals surface area contributed by atoms with Gasteiger partial charge >= 0.3 is 151 Å². The van der Waals surface area contributed by atoms with Crippen molar-refractivity contribution in [3.8, 4) is 0 Å². The number of aromatic nitrogens is 1. The fourth-order valence-electron chi connectivity index (χ4n) is 3.60. The van der Waals surface area contributed by atoms with Crippen molar-refractivity contribution in [2.24, 2.45) is 0 Å². The number of carbonyl (C=O) groups excluding carboxylic acids is 1. The molecule has 1 aromatic heterocycles. The summed E-state index contributed by atoms with van der Waals surface area (Å²) in [5, 5.41) is 12.0. The van der Waals surface area contributed by atoms with E-state index in [-0.39, 0.29) is 4.90 Å². The van der Waals surface area contributed by atoms with Crippen LogP contribution in [0.3, 0.4) is 0 Å². The Balaban J connectivity index is 1.58. The summed E-state index contributed by atoms with van der Waals surface area (Å²) in [6.07, 6.45) is 1.40. The first-order valence-electron chi connectivity index (χ1n) is 11.8. The van der Waals surface area contributed by atoms with E-state index in [1.807, 2.05) is 24.3 Å². The fraction of sp³-hybridized carbons (Fsp3) is 0.269. The Labute approximate surface area is 221 Å². The third-order valence-corrected chi connectivity index (χ3v) is 13.2. The van der Waals surface area contributed by atoms with E-state index < -0.39 is 52.9 Å². The van der Waals surface area contributed by atoms with Gasteiger partial charge in [-0.15, -0.1) is 0 Å². The van der Waals surface area contributed by atoms with Gasteiger partial charge in [0.2, 0.25) is 0 Å². The van der Waals surface area contributed by atoms with Crippen LogP contribution in [-0.2, 0) is 27.7 Å². The predicted molar refractivity (Wildman–Crippen MR) is 146 cm³/mol. The molecule has 196 valence electrons. The van der Waals surface area contributed by atoms with Crippen molar-refractivity contribution in [1.29, 1.82) is 0 Å². The number of sulfonamides is 1. The number of rotatable bonds is 11. The summed E-state index contributed by atoms with van der Waals surface area (Å²) < 4.78 is 28.9. The number of hydrogen-bond acceptors (Lipinski definition) is 6. The number of nitrogens with two attached hydrogens (primary N) is 1. The summed E-state index contributed by atoms with van der Waals surface area (Å²) in [6.45, 7) is -0.410. The summed E-state index contributed by atoms with van der Waals surface area (Å²) in [6, 6.07) is 17.4. The number of benzene rings is 2. The van der Waals surface area contributed by atoms with Crippen molar-refractivity contribution in [1.82, 2.24) is 15.0 Å². The van der Waals surface area contributed by atoms with Crippen LogP contribution in [0.4, 0.5) is 5.82 Å². The number of carboxylic acids is 1. The second kappa shape index (κ2) is 12.1. The van der Waals surface area contributed by atoms with Crippen molar-refractivity contribution in [2.75, 3.05) is 12.3 Å². The Morgan fingerprint density at radius 3 is 2.19 bits per heavy atom. The molecule has 0 aliphatic rings. The molecule has 37 heavy (non-hydrogen) atoms.